The Morgan fingerprint density at radius 1 is 1.41 bits per heavy atom. The van der Waals surface area contributed by atoms with Crippen molar-refractivity contribution in [2.24, 2.45) is 5.73 Å². The van der Waals surface area contributed by atoms with E-state index in [1.54, 1.807) is 25.1 Å². The molecule has 1 aromatic heterocycles. The predicted molar refractivity (Wildman–Crippen MR) is 64.6 cm³/mol. The number of nitrogens with zero attached hydrogens (tertiary/aromatic N) is 2. The quantitative estimate of drug-likeness (QED) is 0.839. The highest BCUT2D eigenvalue weighted by molar-refractivity contribution is 5.77. The molecule has 0 unspecified atom stereocenters. The van der Waals surface area contributed by atoms with E-state index in [0.717, 1.165) is 0 Å². The Labute approximate surface area is 97.9 Å². The Kier molecular flexibility index (Phi) is 2.91. The van der Waals surface area contributed by atoms with Crippen LogP contribution in [0.1, 0.15) is 12.2 Å². The minimum Gasteiger partial charge on any atom is -0.370 e. The summed E-state index contributed by atoms with van der Waals surface area (Å²) in [6.45, 7) is 2.02. The third-order valence-electron chi connectivity index (χ3n) is 2.63. The molecule has 0 aliphatic rings. The van der Waals surface area contributed by atoms with Gasteiger partial charge in [-0.15, -0.1) is 0 Å². The molecule has 1 amide bonds. The van der Waals surface area contributed by atoms with Crippen LogP contribution in [0.15, 0.2) is 29.1 Å². The average molecular weight is 231 g/mol. The Hall–Kier alpha value is -2.17. The summed E-state index contributed by atoms with van der Waals surface area (Å²) in [5.41, 5.74) is 5.62. The zero-order valence-electron chi connectivity index (χ0n) is 9.51. The molecule has 2 rings (SSSR count). The predicted octanol–water partition coefficient (Wildman–Crippen LogP) is 0.580. The summed E-state index contributed by atoms with van der Waals surface area (Å²) in [7, 11) is 0. The first kappa shape index (κ1) is 11.3. The molecule has 88 valence electrons. The molecule has 0 aliphatic heterocycles. The van der Waals surface area contributed by atoms with Crippen LogP contribution in [0.25, 0.3) is 10.9 Å². The van der Waals surface area contributed by atoms with Gasteiger partial charge in [-0.1, -0.05) is 12.1 Å². The molecule has 0 bridgehead atoms. The summed E-state index contributed by atoms with van der Waals surface area (Å²) in [6, 6.07) is 7.15. The number of carbonyl (C=O) groups is 1. The van der Waals surface area contributed by atoms with Gasteiger partial charge in [-0.25, -0.2) is 4.98 Å². The summed E-state index contributed by atoms with van der Waals surface area (Å²) in [5, 5.41) is 0.558. The van der Waals surface area contributed by atoms with E-state index in [1.807, 2.05) is 6.07 Å². The van der Waals surface area contributed by atoms with Gasteiger partial charge in [-0.2, -0.15) is 0 Å². The summed E-state index contributed by atoms with van der Waals surface area (Å²) < 4.78 is 1.48. The molecule has 0 saturated carbocycles. The minimum absolute atomic E-state index is 0.130. The van der Waals surface area contributed by atoms with Crippen LogP contribution < -0.4 is 11.3 Å². The molecule has 5 heteroatoms. The Bertz CT molecular complexity index is 631. The standard InChI is InChI=1S/C12H13N3O2/c1-8-14-10-5-3-2-4-9(10)12(17)15(8)7-6-11(13)16/h2-5H,6-7H2,1H3,(H2,13,16). The van der Waals surface area contributed by atoms with E-state index in [1.165, 1.54) is 4.57 Å². The number of rotatable bonds is 3. The number of aromatic nitrogens is 2. The molecule has 0 aliphatic carbocycles. The van der Waals surface area contributed by atoms with Gasteiger partial charge < -0.3 is 5.73 Å². The smallest absolute Gasteiger partial charge is 0.261 e. The first-order chi connectivity index (χ1) is 8.09. The largest absolute Gasteiger partial charge is 0.370 e. The molecule has 1 aromatic carbocycles. The fourth-order valence-corrected chi connectivity index (χ4v) is 1.76. The van der Waals surface area contributed by atoms with Crippen LogP contribution in [-0.4, -0.2) is 15.5 Å². The number of primary amides is 1. The number of fused-ring (bicyclic) bond motifs is 1. The molecular weight excluding hydrogens is 218 g/mol. The van der Waals surface area contributed by atoms with Crippen LogP contribution in [0.5, 0.6) is 0 Å². The highest BCUT2D eigenvalue weighted by atomic mass is 16.1. The maximum Gasteiger partial charge on any atom is 0.261 e. The number of para-hydroxylation sites is 1. The molecule has 2 aromatic rings. The molecule has 0 radical (unpaired) electrons. The van der Waals surface area contributed by atoms with Crippen molar-refractivity contribution in [3.05, 3.63) is 40.4 Å². The summed E-state index contributed by atoms with van der Waals surface area (Å²) >= 11 is 0. The van der Waals surface area contributed by atoms with Gasteiger partial charge in [0.2, 0.25) is 5.91 Å². The van der Waals surface area contributed by atoms with E-state index in [2.05, 4.69) is 4.98 Å². The van der Waals surface area contributed by atoms with Crippen molar-refractivity contribution in [2.75, 3.05) is 0 Å². The van der Waals surface area contributed by atoms with Crippen LogP contribution in [0.4, 0.5) is 0 Å². The van der Waals surface area contributed by atoms with E-state index in [9.17, 15) is 9.59 Å². The van der Waals surface area contributed by atoms with Gasteiger partial charge in [0.25, 0.3) is 5.56 Å². The molecule has 0 atom stereocenters. The van der Waals surface area contributed by atoms with Crippen LogP contribution >= 0.6 is 0 Å². The van der Waals surface area contributed by atoms with Crippen molar-refractivity contribution in [1.82, 2.24) is 9.55 Å². The minimum atomic E-state index is -0.426. The van der Waals surface area contributed by atoms with E-state index in [-0.39, 0.29) is 18.5 Å². The highest BCUT2D eigenvalue weighted by Crippen LogP contribution is 2.07. The lowest BCUT2D eigenvalue weighted by atomic mass is 10.2. The van der Waals surface area contributed by atoms with Crippen LogP contribution in [0, 0.1) is 6.92 Å². The van der Waals surface area contributed by atoms with Crippen molar-refractivity contribution in [2.45, 2.75) is 19.9 Å². The zero-order valence-corrected chi connectivity index (χ0v) is 9.51. The first-order valence-corrected chi connectivity index (χ1v) is 5.34. The molecule has 1 heterocycles. The van der Waals surface area contributed by atoms with Crippen LogP contribution in [0.3, 0.4) is 0 Å². The Morgan fingerprint density at radius 2 is 2.12 bits per heavy atom. The number of aryl methyl sites for hydroxylation is 1. The molecule has 0 spiro atoms. The normalized spacial score (nSPS) is 10.6. The van der Waals surface area contributed by atoms with Crippen molar-refractivity contribution >= 4 is 16.8 Å². The van der Waals surface area contributed by atoms with Crippen molar-refractivity contribution in [3.8, 4) is 0 Å². The fraction of sp³-hybridized carbons (Fsp3) is 0.250. The maximum atomic E-state index is 12.1. The van der Waals surface area contributed by atoms with Gasteiger partial charge in [0, 0.05) is 13.0 Å². The number of carbonyl (C=O) groups excluding carboxylic acids is 1. The Morgan fingerprint density at radius 3 is 2.82 bits per heavy atom. The van der Waals surface area contributed by atoms with Crippen LogP contribution in [0.2, 0.25) is 0 Å². The second kappa shape index (κ2) is 4.37. The molecule has 0 saturated heterocycles. The van der Waals surface area contributed by atoms with Gasteiger partial charge >= 0.3 is 0 Å². The lowest BCUT2D eigenvalue weighted by molar-refractivity contribution is -0.118. The van der Waals surface area contributed by atoms with Crippen molar-refractivity contribution < 1.29 is 4.79 Å². The highest BCUT2D eigenvalue weighted by Gasteiger charge is 2.07. The number of hydrogen-bond donors (Lipinski definition) is 1. The number of nitrogens with two attached hydrogens (primary N) is 1. The summed E-state index contributed by atoms with van der Waals surface area (Å²) in [4.78, 5) is 27.2. The third-order valence-corrected chi connectivity index (χ3v) is 2.63. The zero-order chi connectivity index (χ0) is 12.4. The van der Waals surface area contributed by atoms with Gasteiger partial charge in [0.15, 0.2) is 0 Å². The summed E-state index contributed by atoms with van der Waals surface area (Å²) in [6.07, 6.45) is 0.140. The number of benzene rings is 1. The van der Waals surface area contributed by atoms with E-state index >= 15 is 0 Å². The molecule has 0 fully saturated rings. The van der Waals surface area contributed by atoms with Gasteiger partial charge in [-0.05, 0) is 19.1 Å². The number of amides is 1. The summed E-state index contributed by atoms with van der Waals surface area (Å²) in [5.74, 6) is 0.166. The van der Waals surface area contributed by atoms with E-state index in [0.29, 0.717) is 16.7 Å². The van der Waals surface area contributed by atoms with Crippen LogP contribution in [-0.2, 0) is 11.3 Å². The van der Waals surface area contributed by atoms with E-state index < -0.39 is 5.91 Å². The van der Waals surface area contributed by atoms with Crippen molar-refractivity contribution in [3.63, 3.8) is 0 Å². The fourth-order valence-electron chi connectivity index (χ4n) is 1.76. The lowest BCUT2D eigenvalue weighted by Gasteiger charge is -2.09. The maximum absolute atomic E-state index is 12.1. The van der Waals surface area contributed by atoms with Crippen molar-refractivity contribution in [1.29, 1.82) is 0 Å². The monoisotopic (exact) mass is 231 g/mol. The van der Waals surface area contributed by atoms with E-state index in [4.69, 9.17) is 5.73 Å². The SMILES string of the molecule is Cc1nc2ccccc2c(=O)n1CCC(N)=O. The first-order valence-electron chi connectivity index (χ1n) is 5.34. The lowest BCUT2D eigenvalue weighted by Crippen LogP contribution is -2.26. The van der Waals surface area contributed by atoms with Gasteiger partial charge in [-0.3, -0.25) is 14.2 Å². The third kappa shape index (κ3) is 2.18. The Balaban J connectivity index is 2.56. The molecular formula is C12H13N3O2. The van der Waals surface area contributed by atoms with Gasteiger partial charge in [0.05, 0.1) is 10.9 Å². The second-order valence-corrected chi connectivity index (χ2v) is 3.85. The molecule has 5 nitrogen and oxygen atoms in total. The average Bonchev–Trinajstić information content (AvgIpc) is 2.28. The molecule has 2 N–H and O–H groups in total. The second-order valence-electron chi connectivity index (χ2n) is 3.85. The molecule has 17 heavy (non-hydrogen) atoms. The van der Waals surface area contributed by atoms with Gasteiger partial charge in [0.1, 0.15) is 5.82 Å². The topological polar surface area (TPSA) is 78.0 Å². The number of hydrogen-bond acceptors (Lipinski definition) is 3.